The normalized spacial score (nSPS) is 15.8. The van der Waals surface area contributed by atoms with Gasteiger partial charge in [0.15, 0.2) is 5.82 Å². The number of nitrogens with zero attached hydrogens (tertiary/aromatic N) is 4. The molecule has 1 aliphatic rings. The fourth-order valence-corrected chi connectivity index (χ4v) is 5.12. The van der Waals surface area contributed by atoms with Crippen molar-refractivity contribution in [1.29, 1.82) is 0 Å². The Morgan fingerprint density at radius 1 is 1.07 bits per heavy atom. The molecule has 1 fully saturated rings. The van der Waals surface area contributed by atoms with E-state index in [1.807, 2.05) is 24.0 Å². The second kappa shape index (κ2) is 8.18. The molecule has 0 radical (unpaired) electrons. The van der Waals surface area contributed by atoms with Gasteiger partial charge in [-0.25, -0.2) is 8.42 Å². The van der Waals surface area contributed by atoms with E-state index >= 15 is 0 Å². The number of anilines is 2. The smallest absolute Gasteiger partial charge is 0.244 e. The van der Waals surface area contributed by atoms with Gasteiger partial charge in [-0.15, -0.1) is 10.2 Å². The van der Waals surface area contributed by atoms with Crippen molar-refractivity contribution in [3.05, 3.63) is 39.9 Å². The molecular formula is C17H21Cl2N5O2S. The summed E-state index contributed by atoms with van der Waals surface area (Å²) in [6.45, 7) is 6.26. The van der Waals surface area contributed by atoms with Crippen molar-refractivity contribution in [2.24, 2.45) is 0 Å². The molecular weight excluding hydrogens is 409 g/mol. The number of sulfonamides is 1. The number of hydrogen-bond donors (Lipinski definition) is 1. The van der Waals surface area contributed by atoms with Crippen molar-refractivity contribution in [1.82, 2.24) is 14.5 Å². The van der Waals surface area contributed by atoms with Gasteiger partial charge in [0, 0.05) is 37.7 Å². The molecule has 0 unspecified atom stereocenters. The van der Waals surface area contributed by atoms with Crippen molar-refractivity contribution < 1.29 is 8.42 Å². The van der Waals surface area contributed by atoms with Crippen molar-refractivity contribution in [3.8, 4) is 0 Å². The molecule has 27 heavy (non-hydrogen) atoms. The van der Waals surface area contributed by atoms with Gasteiger partial charge in [-0.1, -0.05) is 23.2 Å². The molecule has 0 spiro atoms. The lowest BCUT2D eigenvalue weighted by Gasteiger charge is -2.34. The predicted octanol–water partition coefficient (Wildman–Crippen LogP) is 3.03. The van der Waals surface area contributed by atoms with E-state index in [1.54, 1.807) is 6.92 Å². The molecule has 0 atom stereocenters. The third kappa shape index (κ3) is 4.29. The molecule has 1 aromatic carbocycles. The lowest BCUT2D eigenvalue weighted by molar-refractivity contribution is 0.383. The zero-order valence-electron chi connectivity index (χ0n) is 15.1. The molecule has 1 aliphatic heterocycles. The molecule has 2 aromatic rings. The highest BCUT2D eigenvalue weighted by atomic mass is 35.5. The summed E-state index contributed by atoms with van der Waals surface area (Å²) < 4.78 is 27.4. The Hall–Kier alpha value is -1.61. The van der Waals surface area contributed by atoms with Gasteiger partial charge >= 0.3 is 0 Å². The van der Waals surface area contributed by atoms with Crippen LogP contribution in [0.25, 0.3) is 0 Å². The standard InChI is InChI=1S/C17H21Cl2N5O2S/c1-3-20-16-4-5-17(22-21-16)23-6-8-24(9-7-23)27(25,26)15-10-12(2)13(18)11-14(15)19/h4-5,10-11H,3,6-9H2,1-2H3,(H,20,21). The van der Waals surface area contributed by atoms with Crippen LogP contribution >= 0.6 is 23.2 Å². The monoisotopic (exact) mass is 429 g/mol. The maximum atomic E-state index is 13.0. The van der Waals surface area contributed by atoms with Gasteiger partial charge in [-0.2, -0.15) is 4.31 Å². The van der Waals surface area contributed by atoms with Crippen molar-refractivity contribution >= 4 is 44.9 Å². The zero-order valence-corrected chi connectivity index (χ0v) is 17.4. The lowest BCUT2D eigenvalue weighted by Crippen LogP contribution is -2.49. The summed E-state index contributed by atoms with van der Waals surface area (Å²) in [4.78, 5) is 2.11. The Kier molecular flexibility index (Phi) is 6.10. The zero-order chi connectivity index (χ0) is 19.6. The van der Waals surface area contributed by atoms with Crippen LogP contribution < -0.4 is 10.2 Å². The molecule has 146 valence electrons. The number of hydrogen-bond acceptors (Lipinski definition) is 6. The summed E-state index contributed by atoms with van der Waals surface area (Å²) in [5.74, 6) is 1.45. The maximum Gasteiger partial charge on any atom is 0.244 e. The first-order chi connectivity index (χ1) is 12.8. The lowest BCUT2D eigenvalue weighted by atomic mass is 10.2. The van der Waals surface area contributed by atoms with Crippen LogP contribution in [0.15, 0.2) is 29.2 Å². The van der Waals surface area contributed by atoms with E-state index in [2.05, 4.69) is 15.5 Å². The second-order valence-corrected chi connectivity index (χ2v) is 8.95. The van der Waals surface area contributed by atoms with Gasteiger partial charge in [0.1, 0.15) is 10.7 Å². The van der Waals surface area contributed by atoms with Crippen LogP contribution in [0.4, 0.5) is 11.6 Å². The number of halogens is 2. The summed E-state index contributed by atoms with van der Waals surface area (Å²) in [7, 11) is -3.68. The van der Waals surface area contributed by atoms with Crippen molar-refractivity contribution in [2.45, 2.75) is 18.7 Å². The van der Waals surface area contributed by atoms with E-state index in [0.29, 0.717) is 36.8 Å². The first-order valence-electron chi connectivity index (χ1n) is 8.61. The van der Waals surface area contributed by atoms with Gasteiger partial charge in [0.2, 0.25) is 10.0 Å². The quantitative estimate of drug-likeness (QED) is 0.786. The number of nitrogens with one attached hydrogen (secondary N) is 1. The molecule has 3 rings (SSSR count). The van der Waals surface area contributed by atoms with Crippen LogP contribution in [0.3, 0.4) is 0 Å². The van der Waals surface area contributed by atoms with Gasteiger partial charge in [0.25, 0.3) is 0 Å². The maximum absolute atomic E-state index is 13.0. The fourth-order valence-electron chi connectivity index (χ4n) is 2.89. The Labute approximate surface area is 169 Å². The molecule has 0 saturated carbocycles. The van der Waals surface area contributed by atoms with E-state index in [0.717, 1.165) is 18.2 Å². The fraction of sp³-hybridized carbons (Fsp3) is 0.412. The molecule has 0 amide bonds. The van der Waals surface area contributed by atoms with Gasteiger partial charge in [-0.3, -0.25) is 0 Å². The summed E-state index contributed by atoms with van der Waals surface area (Å²) in [6, 6.07) is 6.75. The second-order valence-electron chi connectivity index (χ2n) is 6.23. The molecule has 1 N–H and O–H groups in total. The van der Waals surface area contributed by atoms with E-state index in [4.69, 9.17) is 23.2 Å². The van der Waals surface area contributed by atoms with Crippen LogP contribution in [0.5, 0.6) is 0 Å². The number of aromatic nitrogens is 2. The van der Waals surface area contributed by atoms with Crippen LogP contribution in [-0.2, 0) is 10.0 Å². The third-order valence-corrected chi connectivity index (χ3v) is 7.17. The average molecular weight is 430 g/mol. The Morgan fingerprint density at radius 2 is 1.78 bits per heavy atom. The predicted molar refractivity (Wildman–Crippen MR) is 108 cm³/mol. The van der Waals surface area contributed by atoms with E-state index in [1.165, 1.54) is 16.4 Å². The minimum Gasteiger partial charge on any atom is -0.369 e. The minimum absolute atomic E-state index is 0.0919. The summed E-state index contributed by atoms with van der Waals surface area (Å²) in [5, 5.41) is 12.0. The Morgan fingerprint density at radius 3 is 2.37 bits per heavy atom. The van der Waals surface area contributed by atoms with Gasteiger partial charge in [0.05, 0.1) is 5.02 Å². The number of benzene rings is 1. The largest absolute Gasteiger partial charge is 0.369 e. The molecule has 10 heteroatoms. The molecule has 1 aromatic heterocycles. The minimum atomic E-state index is -3.68. The Balaban J connectivity index is 1.72. The van der Waals surface area contributed by atoms with Crippen LogP contribution in [0, 0.1) is 6.92 Å². The van der Waals surface area contributed by atoms with E-state index in [9.17, 15) is 8.42 Å². The number of rotatable bonds is 5. The van der Waals surface area contributed by atoms with E-state index in [-0.39, 0.29) is 9.92 Å². The number of piperazine rings is 1. The summed E-state index contributed by atoms with van der Waals surface area (Å²) in [6.07, 6.45) is 0. The van der Waals surface area contributed by atoms with Gasteiger partial charge in [-0.05, 0) is 43.7 Å². The van der Waals surface area contributed by atoms with Crippen molar-refractivity contribution in [2.75, 3.05) is 42.9 Å². The topological polar surface area (TPSA) is 78.4 Å². The number of aryl methyl sites for hydroxylation is 1. The molecule has 2 heterocycles. The average Bonchev–Trinajstić information content (AvgIpc) is 2.65. The third-order valence-electron chi connectivity index (χ3n) is 4.40. The molecule has 7 nitrogen and oxygen atoms in total. The first-order valence-corrected chi connectivity index (χ1v) is 10.8. The molecule has 0 bridgehead atoms. The highest BCUT2D eigenvalue weighted by Gasteiger charge is 2.31. The van der Waals surface area contributed by atoms with Crippen LogP contribution in [-0.4, -0.2) is 55.6 Å². The molecule has 0 aliphatic carbocycles. The van der Waals surface area contributed by atoms with E-state index < -0.39 is 10.0 Å². The van der Waals surface area contributed by atoms with Gasteiger partial charge < -0.3 is 10.2 Å². The Bertz CT molecular complexity index is 914. The van der Waals surface area contributed by atoms with Crippen LogP contribution in [0.2, 0.25) is 10.0 Å². The van der Waals surface area contributed by atoms with Crippen molar-refractivity contribution in [3.63, 3.8) is 0 Å². The van der Waals surface area contributed by atoms with Crippen LogP contribution in [0.1, 0.15) is 12.5 Å². The highest BCUT2D eigenvalue weighted by molar-refractivity contribution is 7.89. The molecule has 1 saturated heterocycles. The summed E-state index contributed by atoms with van der Waals surface area (Å²) in [5.41, 5.74) is 0.675. The highest BCUT2D eigenvalue weighted by Crippen LogP contribution is 2.31. The summed E-state index contributed by atoms with van der Waals surface area (Å²) >= 11 is 12.2. The first kappa shape index (κ1) is 20.1. The SMILES string of the molecule is CCNc1ccc(N2CCN(S(=O)(=O)c3cc(C)c(Cl)cc3Cl)CC2)nn1.